The van der Waals surface area contributed by atoms with Crippen molar-refractivity contribution in [1.82, 2.24) is 5.32 Å². The lowest BCUT2D eigenvalue weighted by molar-refractivity contribution is -0.147. The molecule has 1 unspecified atom stereocenters. The normalized spacial score (nSPS) is 20.9. The van der Waals surface area contributed by atoms with Crippen LogP contribution in [-0.2, 0) is 9.53 Å². The van der Waals surface area contributed by atoms with Crippen molar-refractivity contribution in [2.24, 2.45) is 11.8 Å². The van der Waals surface area contributed by atoms with Crippen LogP contribution in [0, 0.1) is 11.8 Å². The second kappa shape index (κ2) is 7.70. The summed E-state index contributed by atoms with van der Waals surface area (Å²) in [5.74, 6) is 0.662. The lowest BCUT2D eigenvalue weighted by Crippen LogP contribution is -2.39. The monoisotopic (exact) mass is 241 g/mol. The number of esters is 1. The lowest BCUT2D eigenvalue weighted by Gasteiger charge is -2.29. The van der Waals surface area contributed by atoms with Crippen molar-refractivity contribution < 1.29 is 9.53 Å². The highest BCUT2D eigenvalue weighted by atomic mass is 16.5. The molecule has 1 N–H and O–H groups in total. The Balaban J connectivity index is 2.22. The predicted molar refractivity (Wildman–Crippen MR) is 69.8 cm³/mol. The Kier molecular flexibility index (Phi) is 6.56. The molecule has 0 aromatic carbocycles. The van der Waals surface area contributed by atoms with E-state index in [0.29, 0.717) is 12.6 Å². The molecule has 0 heterocycles. The van der Waals surface area contributed by atoms with Gasteiger partial charge in [0.05, 0.1) is 12.5 Å². The molecule has 1 aliphatic carbocycles. The number of carbonyl (C=O) groups excluding carboxylic acids is 1. The van der Waals surface area contributed by atoms with Gasteiger partial charge in [-0.05, 0) is 32.6 Å². The first-order valence-corrected chi connectivity index (χ1v) is 7.05. The molecule has 17 heavy (non-hydrogen) atoms. The minimum atomic E-state index is -0.0872. The molecule has 1 aliphatic rings. The summed E-state index contributed by atoms with van der Waals surface area (Å²) in [4.78, 5) is 11.5. The Bertz CT molecular complexity index is 224. The van der Waals surface area contributed by atoms with Crippen LogP contribution in [0.15, 0.2) is 0 Å². The molecule has 2 atom stereocenters. The summed E-state index contributed by atoms with van der Waals surface area (Å²) >= 11 is 0. The highest BCUT2D eigenvalue weighted by molar-refractivity contribution is 5.72. The number of carbonyl (C=O) groups is 1. The van der Waals surface area contributed by atoms with E-state index in [0.717, 1.165) is 12.5 Å². The number of rotatable bonds is 6. The van der Waals surface area contributed by atoms with Gasteiger partial charge in [-0.2, -0.15) is 0 Å². The Morgan fingerprint density at radius 2 is 1.94 bits per heavy atom. The third kappa shape index (κ3) is 5.07. The van der Waals surface area contributed by atoms with Gasteiger partial charge in [0.15, 0.2) is 0 Å². The van der Waals surface area contributed by atoms with Crippen LogP contribution in [0.25, 0.3) is 0 Å². The van der Waals surface area contributed by atoms with Gasteiger partial charge < -0.3 is 10.1 Å². The fourth-order valence-electron chi connectivity index (χ4n) is 2.53. The molecule has 100 valence electrons. The van der Waals surface area contributed by atoms with E-state index in [-0.39, 0.29) is 11.9 Å². The summed E-state index contributed by atoms with van der Waals surface area (Å²) in [5.41, 5.74) is 0. The van der Waals surface area contributed by atoms with Crippen molar-refractivity contribution in [3.63, 3.8) is 0 Å². The average Bonchev–Trinajstić information content (AvgIpc) is 2.36. The third-order valence-corrected chi connectivity index (χ3v) is 3.79. The Labute approximate surface area is 105 Å². The second-order valence-corrected chi connectivity index (χ2v) is 5.25. The van der Waals surface area contributed by atoms with Crippen LogP contribution in [0.4, 0.5) is 0 Å². The third-order valence-electron chi connectivity index (χ3n) is 3.79. The van der Waals surface area contributed by atoms with Gasteiger partial charge in [-0.25, -0.2) is 0 Å². The summed E-state index contributed by atoms with van der Waals surface area (Å²) in [5, 5.41) is 3.49. The maximum absolute atomic E-state index is 11.5. The zero-order valence-corrected chi connectivity index (χ0v) is 11.5. The Morgan fingerprint density at radius 1 is 1.29 bits per heavy atom. The number of hydrogen-bond donors (Lipinski definition) is 1. The smallest absolute Gasteiger partial charge is 0.309 e. The molecule has 0 radical (unpaired) electrons. The van der Waals surface area contributed by atoms with Gasteiger partial charge in [-0.15, -0.1) is 0 Å². The van der Waals surface area contributed by atoms with Gasteiger partial charge in [0, 0.05) is 12.6 Å². The molecule has 0 aromatic heterocycles. The summed E-state index contributed by atoms with van der Waals surface area (Å²) in [6, 6.07) is 0.521. The van der Waals surface area contributed by atoms with Crippen LogP contribution >= 0.6 is 0 Å². The summed E-state index contributed by atoms with van der Waals surface area (Å²) < 4.78 is 5.00. The standard InChI is InChI=1S/C14H27NO2/c1-4-17-14(16)11(2)10-15-12(3)13-8-6-5-7-9-13/h11-13,15H,4-10H2,1-3H3/t11?,12-/m1/s1. The summed E-state index contributed by atoms with van der Waals surface area (Å²) in [6.07, 6.45) is 6.79. The van der Waals surface area contributed by atoms with Crippen LogP contribution in [-0.4, -0.2) is 25.2 Å². The van der Waals surface area contributed by atoms with Crippen molar-refractivity contribution in [3.8, 4) is 0 Å². The minimum absolute atomic E-state index is 0.0407. The molecule has 1 rings (SSSR count). The van der Waals surface area contributed by atoms with Gasteiger partial charge in [0.1, 0.15) is 0 Å². The first-order valence-electron chi connectivity index (χ1n) is 7.05. The van der Waals surface area contributed by atoms with Crippen LogP contribution in [0.5, 0.6) is 0 Å². The molecule has 0 bridgehead atoms. The molecular formula is C14H27NO2. The van der Waals surface area contributed by atoms with E-state index in [1.54, 1.807) is 0 Å². The zero-order valence-electron chi connectivity index (χ0n) is 11.5. The molecular weight excluding hydrogens is 214 g/mol. The number of nitrogens with one attached hydrogen (secondary N) is 1. The quantitative estimate of drug-likeness (QED) is 0.727. The molecule has 3 heteroatoms. The number of ether oxygens (including phenoxy) is 1. The van der Waals surface area contributed by atoms with E-state index < -0.39 is 0 Å². The molecule has 1 fully saturated rings. The minimum Gasteiger partial charge on any atom is -0.466 e. The maximum Gasteiger partial charge on any atom is 0.309 e. The molecule has 3 nitrogen and oxygen atoms in total. The second-order valence-electron chi connectivity index (χ2n) is 5.25. The van der Waals surface area contributed by atoms with Crippen LogP contribution in [0.1, 0.15) is 52.9 Å². The van der Waals surface area contributed by atoms with Crippen molar-refractivity contribution in [2.45, 2.75) is 58.9 Å². The van der Waals surface area contributed by atoms with Gasteiger partial charge in [0.25, 0.3) is 0 Å². The van der Waals surface area contributed by atoms with E-state index in [2.05, 4.69) is 12.2 Å². The van der Waals surface area contributed by atoms with Crippen molar-refractivity contribution >= 4 is 5.97 Å². The molecule has 0 saturated heterocycles. The molecule has 0 spiro atoms. The van der Waals surface area contributed by atoms with E-state index >= 15 is 0 Å². The van der Waals surface area contributed by atoms with Crippen LogP contribution in [0.2, 0.25) is 0 Å². The topological polar surface area (TPSA) is 38.3 Å². The van der Waals surface area contributed by atoms with E-state index in [9.17, 15) is 4.79 Å². The fraction of sp³-hybridized carbons (Fsp3) is 0.929. The molecule has 1 saturated carbocycles. The highest BCUT2D eigenvalue weighted by Crippen LogP contribution is 2.26. The van der Waals surface area contributed by atoms with Crippen LogP contribution in [0.3, 0.4) is 0 Å². The SMILES string of the molecule is CCOC(=O)C(C)CN[C@H](C)C1CCCCC1. The van der Waals surface area contributed by atoms with Gasteiger partial charge >= 0.3 is 5.97 Å². The van der Waals surface area contributed by atoms with Gasteiger partial charge in [-0.3, -0.25) is 4.79 Å². The molecule has 0 amide bonds. The Hall–Kier alpha value is -0.570. The van der Waals surface area contributed by atoms with Gasteiger partial charge in [-0.1, -0.05) is 26.2 Å². The lowest BCUT2D eigenvalue weighted by atomic mass is 9.84. The van der Waals surface area contributed by atoms with E-state index in [1.807, 2.05) is 13.8 Å². The zero-order chi connectivity index (χ0) is 12.7. The maximum atomic E-state index is 11.5. The fourth-order valence-corrected chi connectivity index (χ4v) is 2.53. The average molecular weight is 241 g/mol. The largest absolute Gasteiger partial charge is 0.466 e. The van der Waals surface area contributed by atoms with E-state index in [1.165, 1.54) is 32.1 Å². The Morgan fingerprint density at radius 3 is 2.53 bits per heavy atom. The van der Waals surface area contributed by atoms with Crippen molar-refractivity contribution in [1.29, 1.82) is 0 Å². The molecule has 0 aromatic rings. The van der Waals surface area contributed by atoms with Crippen LogP contribution < -0.4 is 5.32 Å². The number of hydrogen-bond acceptors (Lipinski definition) is 3. The highest BCUT2D eigenvalue weighted by Gasteiger charge is 2.21. The predicted octanol–water partition coefficient (Wildman–Crippen LogP) is 2.74. The van der Waals surface area contributed by atoms with E-state index in [4.69, 9.17) is 4.74 Å². The summed E-state index contributed by atoms with van der Waals surface area (Å²) in [7, 11) is 0. The van der Waals surface area contributed by atoms with Gasteiger partial charge in [0.2, 0.25) is 0 Å². The first kappa shape index (κ1) is 14.5. The molecule has 0 aliphatic heterocycles. The van der Waals surface area contributed by atoms with Crippen molar-refractivity contribution in [2.75, 3.05) is 13.2 Å². The first-order chi connectivity index (χ1) is 8.15. The summed E-state index contributed by atoms with van der Waals surface area (Å²) in [6.45, 7) is 7.23. The van der Waals surface area contributed by atoms with Crippen molar-refractivity contribution in [3.05, 3.63) is 0 Å².